The Morgan fingerprint density at radius 3 is 2.67 bits per heavy atom. The minimum atomic E-state index is -0.535. The maximum absolute atomic E-state index is 12.1. The van der Waals surface area contributed by atoms with Crippen LogP contribution in [0.2, 0.25) is 0 Å². The molecule has 1 rings (SSSR count). The van der Waals surface area contributed by atoms with Crippen molar-refractivity contribution in [2.75, 3.05) is 19.3 Å². The molecule has 2 N–H and O–H groups in total. The Balaban J connectivity index is 0.00000400. The van der Waals surface area contributed by atoms with E-state index in [4.69, 9.17) is 0 Å². The van der Waals surface area contributed by atoms with Gasteiger partial charge in [0.2, 0.25) is 0 Å². The van der Waals surface area contributed by atoms with Gasteiger partial charge in [-0.3, -0.25) is 14.9 Å². The summed E-state index contributed by atoms with van der Waals surface area (Å²) in [5.74, 6) is -0.419. The number of nitrogens with zero attached hydrogens (tertiary/aromatic N) is 1. The van der Waals surface area contributed by atoms with Gasteiger partial charge in [-0.25, -0.2) is 0 Å². The molecule has 0 aliphatic carbocycles. The van der Waals surface area contributed by atoms with Gasteiger partial charge in [0.15, 0.2) is 0 Å². The number of halogens is 1. The summed E-state index contributed by atoms with van der Waals surface area (Å²) in [6, 6.07) is 4.68. The van der Waals surface area contributed by atoms with E-state index in [1.165, 1.54) is 17.8 Å². The van der Waals surface area contributed by atoms with Crippen molar-refractivity contribution in [1.82, 2.24) is 10.6 Å². The van der Waals surface area contributed by atoms with Crippen molar-refractivity contribution in [1.29, 1.82) is 0 Å². The molecule has 0 aromatic heterocycles. The number of likely N-dealkylation sites (N-methyl/N-ethyl adjacent to an activating group) is 1. The topological polar surface area (TPSA) is 84.3 Å². The van der Waals surface area contributed by atoms with E-state index in [1.54, 1.807) is 12.1 Å². The summed E-state index contributed by atoms with van der Waals surface area (Å²) >= 11 is 1.44. The Morgan fingerprint density at radius 1 is 1.48 bits per heavy atom. The Bertz CT molecular complexity index is 500. The molecule has 0 aliphatic rings. The Morgan fingerprint density at radius 2 is 2.14 bits per heavy atom. The number of thioether (sulfide) groups is 1. The average Bonchev–Trinajstić information content (AvgIpc) is 2.44. The minimum Gasteiger partial charge on any atom is -0.350 e. The third-order valence-corrected chi connectivity index (χ3v) is 3.49. The molecule has 0 saturated carbocycles. The summed E-state index contributed by atoms with van der Waals surface area (Å²) in [5.41, 5.74) is -0.0676. The van der Waals surface area contributed by atoms with Crippen LogP contribution in [0.1, 0.15) is 24.2 Å². The predicted molar refractivity (Wildman–Crippen MR) is 87.6 cm³/mol. The van der Waals surface area contributed by atoms with Crippen molar-refractivity contribution >= 4 is 35.8 Å². The number of carbonyl (C=O) groups is 1. The highest BCUT2D eigenvalue weighted by Gasteiger charge is 2.20. The van der Waals surface area contributed by atoms with E-state index in [0.29, 0.717) is 6.54 Å². The Hall–Kier alpha value is -1.31. The Kier molecular flexibility index (Phi) is 9.00. The van der Waals surface area contributed by atoms with Crippen LogP contribution >= 0.6 is 24.2 Å². The number of hydrogen-bond acceptors (Lipinski definition) is 5. The van der Waals surface area contributed by atoms with Gasteiger partial charge in [-0.15, -0.1) is 24.2 Å². The first-order valence-corrected chi connectivity index (χ1v) is 7.56. The first-order chi connectivity index (χ1) is 9.49. The fourth-order valence-corrected chi connectivity index (χ4v) is 2.18. The first kappa shape index (κ1) is 19.7. The smallest absolute Gasteiger partial charge is 0.282 e. The van der Waals surface area contributed by atoms with Gasteiger partial charge in [0.05, 0.1) is 4.92 Å². The van der Waals surface area contributed by atoms with Crippen LogP contribution in [0, 0.1) is 10.1 Å². The van der Waals surface area contributed by atoms with E-state index < -0.39 is 10.8 Å². The van der Waals surface area contributed by atoms with Crippen LogP contribution in [-0.4, -0.2) is 36.2 Å². The highest BCUT2D eigenvalue weighted by molar-refractivity contribution is 7.98. The summed E-state index contributed by atoms with van der Waals surface area (Å²) in [7, 11) is 0. The van der Waals surface area contributed by atoms with Crippen molar-refractivity contribution in [2.24, 2.45) is 0 Å². The average molecular weight is 334 g/mol. The number of nitrogens with one attached hydrogen (secondary N) is 2. The van der Waals surface area contributed by atoms with Crippen LogP contribution in [0.15, 0.2) is 23.1 Å². The molecule has 0 unspecified atom stereocenters. The lowest BCUT2D eigenvalue weighted by Gasteiger charge is -2.13. The molecular weight excluding hydrogens is 314 g/mol. The van der Waals surface area contributed by atoms with E-state index in [1.807, 2.05) is 20.1 Å². The number of nitro groups is 1. The molecule has 118 valence electrons. The highest BCUT2D eigenvalue weighted by atomic mass is 35.5. The van der Waals surface area contributed by atoms with Gasteiger partial charge in [-0.1, -0.05) is 6.92 Å². The van der Waals surface area contributed by atoms with Crippen LogP contribution in [0.25, 0.3) is 0 Å². The summed E-state index contributed by atoms with van der Waals surface area (Å²) in [5, 5.41) is 16.8. The maximum atomic E-state index is 12.1. The van der Waals surface area contributed by atoms with E-state index in [-0.39, 0.29) is 29.7 Å². The van der Waals surface area contributed by atoms with Crippen molar-refractivity contribution in [3.8, 4) is 0 Å². The molecule has 6 nitrogen and oxygen atoms in total. The normalized spacial score (nSPS) is 11.4. The quantitative estimate of drug-likeness (QED) is 0.455. The number of carbonyl (C=O) groups excluding carboxylic acids is 1. The minimum absolute atomic E-state index is 0. The lowest BCUT2D eigenvalue weighted by Crippen LogP contribution is -2.38. The number of nitro benzene ring substituents is 1. The SMILES string of the molecule is CCN[C@H](C)CNC(=O)c1cc(SC)ccc1[N+](=O)[O-].Cl. The van der Waals surface area contributed by atoms with Gasteiger partial charge in [-0.2, -0.15) is 0 Å². The lowest BCUT2D eigenvalue weighted by molar-refractivity contribution is -0.385. The maximum Gasteiger partial charge on any atom is 0.282 e. The highest BCUT2D eigenvalue weighted by Crippen LogP contribution is 2.24. The lowest BCUT2D eigenvalue weighted by atomic mass is 10.1. The molecule has 0 spiro atoms. The van der Waals surface area contributed by atoms with Crippen LogP contribution in [0.3, 0.4) is 0 Å². The van der Waals surface area contributed by atoms with E-state index in [2.05, 4.69) is 10.6 Å². The van der Waals surface area contributed by atoms with Crippen molar-refractivity contribution in [3.63, 3.8) is 0 Å². The molecule has 1 amide bonds. The molecule has 0 saturated heterocycles. The molecule has 0 heterocycles. The summed E-state index contributed by atoms with van der Waals surface area (Å²) < 4.78 is 0. The van der Waals surface area contributed by atoms with Gasteiger partial charge in [0, 0.05) is 23.5 Å². The van der Waals surface area contributed by atoms with Gasteiger partial charge in [-0.05, 0) is 31.9 Å². The van der Waals surface area contributed by atoms with Crippen LogP contribution in [-0.2, 0) is 0 Å². The Labute approximate surface area is 134 Å². The third-order valence-electron chi connectivity index (χ3n) is 2.77. The van der Waals surface area contributed by atoms with E-state index in [9.17, 15) is 14.9 Å². The predicted octanol–water partition coefficient (Wildman–Crippen LogP) is 2.47. The molecule has 1 aromatic rings. The molecule has 21 heavy (non-hydrogen) atoms. The van der Waals surface area contributed by atoms with Gasteiger partial charge in [0.25, 0.3) is 11.6 Å². The monoisotopic (exact) mass is 333 g/mol. The molecule has 0 aliphatic heterocycles. The molecule has 1 aromatic carbocycles. The summed E-state index contributed by atoms with van der Waals surface area (Å²) in [6.45, 7) is 5.15. The molecule has 0 radical (unpaired) electrons. The second-order valence-corrected chi connectivity index (χ2v) is 5.19. The molecule has 1 atom stereocenters. The van der Waals surface area contributed by atoms with Gasteiger partial charge >= 0.3 is 0 Å². The standard InChI is InChI=1S/C13H19N3O3S.ClH/c1-4-14-9(2)8-15-13(17)11-7-10(20-3)5-6-12(11)16(18)19;/h5-7,9,14H,4,8H2,1-3H3,(H,15,17);1H/t9-;/m1./s1. The number of rotatable bonds is 7. The van der Waals surface area contributed by atoms with E-state index in [0.717, 1.165) is 11.4 Å². The van der Waals surface area contributed by atoms with Gasteiger partial charge in [0.1, 0.15) is 5.56 Å². The zero-order valence-electron chi connectivity index (χ0n) is 12.2. The largest absolute Gasteiger partial charge is 0.350 e. The van der Waals surface area contributed by atoms with Crippen molar-refractivity contribution in [2.45, 2.75) is 24.8 Å². The first-order valence-electron chi connectivity index (χ1n) is 6.33. The van der Waals surface area contributed by atoms with Crippen LogP contribution < -0.4 is 10.6 Å². The molecular formula is C13H20ClN3O3S. The van der Waals surface area contributed by atoms with Crippen LogP contribution in [0.5, 0.6) is 0 Å². The molecule has 0 bridgehead atoms. The fourth-order valence-electron chi connectivity index (χ4n) is 1.74. The van der Waals surface area contributed by atoms with Crippen LogP contribution in [0.4, 0.5) is 5.69 Å². The summed E-state index contributed by atoms with van der Waals surface area (Å²) in [4.78, 5) is 23.4. The second kappa shape index (κ2) is 9.59. The number of amides is 1. The fraction of sp³-hybridized carbons (Fsp3) is 0.462. The zero-order valence-corrected chi connectivity index (χ0v) is 13.8. The third kappa shape index (κ3) is 5.91. The van der Waals surface area contributed by atoms with Crippen molar-refractivity contribution in [3.05, 3.63) is 33.9 Å². The molecule has 8 heteroatoms. The number of hydrogen-bond donors (Lipinski definition) is 2. The zero-order chi connectivity index (χ0) is 15.1. The summed E-state index contributed by atoms with van der Waals surface area (Å²) in [6.07, 6.45) is 1.86. The second-order valence-electron chi connectivity index (χ2n) is 4.31. The molecule has 0 fully saturated rings. The van der Waals surface area contributed by atoms with Gasteiger partial charge < -0.3 is 10.6 Å². The number of benzene rings is 1. The van der Waals surface area contributed by atoms with Crippen molar-refractivity contribution < 1.29 is 9.72 Å². The van der Waals surface area contributed by atoms with E-state index >= 15 is 0 Å².